The Morgan fingerprint density at radius 3 is 2.65 bits per heavy atom. The number of halogens is 1. The Bertz CT molecular complexity index is 537. The molecule has 20 heavy (non-hydrogen) atoms. The summed E-state index contributed by atoms with van der Waals surface area (Å²) < 4.78 is 18.4. The number of furan rings is 1. The van der Waals surface area contributed by atoms with Gasteiger partial charge in [-0.05, 0) is 36.2 Å². The summed E-state index contributed by atoms with van der Waals surface area (Å²) in [5.74, 6) is -0.0118. The third kappa shape index (κ3) is 3.68. The standard InChI is InChI=1S/C15H16FNO3/c16-12-5-3-11(4-6-12)13(14-2-1-9-20-14)7-8-17-15(19)10-18/h1-6,9,13,18H,7-8,10H2,(H,17,19). The first-order valence-corrected chi connectivity index (χ1v) is 6.37. The maximum atomic E-state index is 13.0. The molecule has 1 amide bonds. The van der Waals surface area contributed by atoms with Crippen molar-refractivity contribution in [2.45, 2.75) is 12.3 Å². The van der Waals surface area contributed by atoms with Crippen LogP contribution in [0.3, 0.4) is 0 Å². The van der Waals surface area contributed by atoms with E-state index in [1.807, 2.05) is 6.07 Å². The van der Waals surface area contributed by atoms with Crippen LogP contribution in [0.2, 0.25) is 0 Å². The zero-order chi connectivity index (χ0) is 14.4. The van der Waals surface area contributed by atoms with Gasteiger partial charge in [-0.15, -0.1) is 0 Å². The normalized spacial score (nSPS) is 12.1. The average molecular weight is 277 g/mol. The van der Waals surface area contributed by atoms with Crippen LogP contribution in [0.25, 0.3) is 0 Å². The second-order valence-electron chi connectivity index (χ2n) is 4.42. The molecule has 1 atom stereocenters. The summed E-state index contributed by atoms with van der Waals surface area (Å²) in [5.41, 5.74) is 0.916. The van der Waals surface area contributed by atoms with Gasteiger partial charge in [-0.25, -0.2) is 4.39 Å². The molecule has 0 bridgehead atoms. The molecule has 2 rings (SSSR count). The third-order valence-electron chi connectivity index (χ3n) is 3.06. The molecule has 1 unspecified atom stereocenters. The largest absolute Gasteiger partial charge is 0.469 e. The van der Waals surface area contributed by atoms with Crippen LogP contribution in [0, 0.1) is 5.82 Å². The van der Waals surface area contributed by atoms with Crippen molar-refractivity contribution in [2.24, 2.45) is 0 Å². The van der Waals surface area contributed by atoms with Crippen molar-refractivity contribution in [3.05, 3.63) is 59.8 Å². The predicted octanol–water partition coefficient (Wildman–Crippen LogP) is 2.05. The van der Waals surface area contributed by atoms with Crippen LogP contribution < -0.4 is 5.32 Å². The topological polar surface area (TPSA) is 62.5 Å². The molecular weight excluding hydrogens is 261 g/mol. The lowest BCUT2D eigenvalue weighted by atomic mass is 9.93. The molecule has 5 heteroatoms. The van der Waals surface area contributed by atoms with E-state index in [1.54, 1.807) is 24.5 Å². The number of rotatable bonds is 6. The number of carbonyl (C=O) groups is 1. The number of carbonyl (C=O) groups excluding carboxylic acids is 1. The number of hydrogen-bond acceptors (Lipinski definition) is 3. The summed E-state index contributed by atoms with van der Waals surface area (Å²) in [6.07, 6.45) is 2.18. The molecular formula is C15H16FNO3. The van der Waals surface area contributed by atoms with Crippen LogP contribution in [0.1, 0.15) is 23.7 Å². The zero-order valence-corrected chi connectivity index (χ0v) is 10.9. The highest BCUT2D eigenvalue weighted by molar-refractivity contribution is 5.76. The number of aliphatic hydroxyl groups is 1. The Morgan fingerprint density at radius 2 is 2.05 bits per heavy atom. The fourth-order valence-electron chi connectivity index (χ4n) is 2.07. The molecule has 1 heterocycles. The fourth-order valence-corrected chi connectivity index (χ4v) is 2.07. The van der Waals surface area contributed by atoms with Crippen LogP contribution in [-0.2, 0) is 4.79 Å². The summed E-state index contributed by atoms with van der Waals surface area (Å²) in [7, 11) is 0. The van der Waals surface area contributed by atoms with Gasteiger partial charge in [0.25, 0.3) is 0 Å². The highest BCUT2D eigenvalue weighted by Gasteiger charge is 2.17. The summed E-state index contributed by atoms with van der Waals surface area (Å²) in [6.45, 7) is -0.121. The maximum Gasteiger partial charge on any atom is 0.245 e. The molecule has 0 radical (unpaired) electrons. The SMILES string of the molecule is O=C(CO)NCCC(c1ccc(F)cc1)c1ccco1. The van der Waals surface area contributed by atoms with Crippen molar-refractivity contribution in [3.63, 3.8) is 0 Å². The fraction of sp³-hybridized carbons (Fsp3) is 0.267. The van der Waals surface area contributed by atoms with E-state index in [9.17, 15) is 9.18 Å². The van der Waals surface area contributed by atoms with E-state index in [2.05, 4.69) is 5.32 Å². The summed E-state index contributed by atoms with van der Waals surface area (Å²) in [6, 6.07) is 9.85. The van der Waals surface area contributed by atoms with Gasteiger partial charge in [0.1, 0.15) is 18.2 Å². The summed E-state index contributed by atoms with van der Waals surface area (Å²) >= 11 is 0. The highest BCUT2D eigenvalue weighted by Crippen LogP contribution is 2.28. The molecule has 1 aromatic carbocycles. The number of aliphatic hydroxyl groups excluding tert-OH is 1. The van der Waals surface area contributed by atoms with Gasteiger partial charge < -0.3 is 14.8 Å². The van der Waals surface area contributed by atoms with Crippen LogP contribution in [0.4, 0.5) is 4.39 Å². The molecule has 4 nitrogen and oxygen atoms in total. The molecule has 0 saturated heterocycles. The smallest absolute Gasteiger partial charge is 0.245 e. The lowest BCUT2D eigenvalue weighted by Crippen LogP contribution is -2.28. The minimum Gasteiger partial charge on any atom is -0.469 e. The van der Waals surface area contributed by atoms with Gasteiger partial charge in [0.15, 0.2) is 0 Å². The molecule has 0 aliphatic heterocycles. The number of nitrogens with one attached hydrogen (secondary N) is 1. The van der Waals surface area contributed by atoms with Crippen molar-refractivity contribution < 1.29 is 18.7 Å². The van der Waals surface area contributed by atoms with Gasteiger partial charge >= 0.3 is 0 Å². The number of hydrogen-bond donors (Lipinski definition) is 2. The Kier molecular flexibility index (Phi) is 4.90. The van der Waals surface area contributed by atoms with E-state index in [-0.39, 0.29) is 11.7 Å². The number of benzene rings is 1. The van der Waals surface area contributed by atoms with Crippen molar-refractivity contribution in [3.8, 4) is 0 Å². The molecule has 0 fully saturated rings. The molecule has 2 N–H and O–H groups in total. The van der Waals surface area contributed by atoms with Crippen LogP contribution in [-0.4, -0.2) is 24.2 Å². The van der Waals surface area contributed by atoms with Crippen molar-refractivity contribution >= 4 is 5.91 Å². The Labute approximate surface area is 116 Å². The van der Waals surface area contributed by atoms with Crippen LogP contribution in [0.15, 0.2) is 47.1 Å². The van der Waals surface area contributed by atoms with E-state index in [1.165, 1.54) is 12.1 Å². The second-order valence-corrected chi connectivity index (χ2v) is 4.42. The Morgan fingerprint density at radius 1 is 1.30 bits per heavy atom. The van der Waals surface area contributed by atoms with E-state index < -0.39 is 12.5 Å². The summed E-state index contributed by atoms with van der Waals surface area (Å²) in [5, 5.41) is 11.3. The molecule has 0 spiro atoms. The lowest BCUT2D eigenvalue weighted by Gasteiger charge is -2.15. The Hall–Kier alpha value is -2.14. The first-order chi connectivity index (χ1) is 9.70. The molecule has 0 saturated carbocycles. The first kappa shape index (κ1) is 14.3. The monoisotopic (exact) mass is 277 g/mol. The van der Waals surface area contributed by atoms with Crippen molar-refractivity contribution in [1.82, 2.24) is 5.32 Å². The first-order valence-electron chi connectivity index (χ1n) is 6.37. The maximum absolute atomic E-state index is 13.0. The predicted molar refractivity (Wildman–Crippen MR) is 71.7 cm³/mol. The van der Waals surface area contributed by atoms with E-state index in [0.29, 0.717) is 13.0 Å². The van der Waals surface area contributed by atoms with Gasteiger partial charge in [-0.3, -0.25) is 4.79 Å². The molecule has 2 aromatic rings. The molecule has 0 aliphatic rings. The van der Waals surface area contributed by atoms with Crippen LogP contribution >= 0.6 is 0 Å². The Balaban J connectivity index is 2.09. The minimum absolute atomic E-state index is 0.0652. The van der Waals surface area contributed by atoms with Gasteiger partial charge in [0, 0.05) is 12.5 Å². The highest BCUT2D eigenvalue weighted by atomic mass is 19.1. The quantitative estimate of drug-likeness (QED) is 0.849. The lowest BCUT2D eigenvalue weighted by molar-refractivity contribution is -0.123. The van der Waals surface area contributed by atoms with Gasteiger partial charge in [0.2, 0.25) is 5.91 Å². The summed E-state index contributed by atoms with van der Waals surface area (Å²) in [4.78, 5) is 11.0. The minimum atomic E-state index is -0.526. The number of amides is 1. The van der Waals surface area contributed by atoms with Gasteiger partial charge in [-0.1, -0.05) is 12.1 Å². The molecule has 1 aromatic heterocycles. The van der Waals surface area contributed by atoms with E-state index >= 15 is 0 Å². The van der Waals surface area contributed by atoms with Gasteiger partial charge in [-0.2, -0.15) is 0 Å². The third-order valence-corrected chi connectivity index (χ3v) is 3.06. The molecule has 106 valence electrons. The molecule has 0 aliphatic carbocycles. The van der Waals surface area contributed by atoms with Crippen molar-refractivity contribution in [2.75, 3.05) is 13.2 Å². The zero-order valence-electron chi connectivity index (χ0n) is 10.9. The van der Waals surface area contributed by atoms with E-state index in [0.717, 1.165) is 11.3 Å². The average Bonchev–Trinajstić information content (AvgIpc) is 2.98. The van der Waals surface area contributed by atoms with Gasteiger partial charge in [0.05, 0.1) is 6.26 Å². The van der Waals surface area contributed by atoms with Crippen LogP contribution in [0.5, 0.6) is 0 Å². The second kappa shape index (κ2) is 6.86. The van der Waals surface area contributed by atoms with Crippen molar-refractivity contribution in [1.29, 1.82) is 0 Å². The van der Waals surface area contributed by atoms with E-state index in [4.69, 9.17) is 9.52 Å².